The molecule has 0 aliphatic carbocycles. The van der Waals surface area contributed by atoms with Gasteiger partial charge in [0, 0.05) is 32.1 Å². The van der Waals surface area contributed by atoms with E-state index in [1.54, 1.807) is 11.3 Å². The number of likely N-dealkylation sites (tertiary alicyclic amines) is 1. The molecule has 3 aliphatic rings. The number of piperidine rings is 1. The number of nitrogens with zero attached hydrogens (tertiary/aromatic N) is 4. The lowest BCUT2D eigenvalue weighted by atomic mass is 9.80. The highest BCUT2D eigenvalue weighted by atomic mass is 32.1. The number of aromatic nitrogens is 2. The Labute approximate surface area is 263 Å². The second kappa shape index (κ2) is 13.0. The van der Waals surface area contributed by atoms with Gasteiger partial charge >= 0.3 is 0 Å². The van der Waals surface area contributed by atoms with Gasteiger partial charge in [-0.1, -0.05) is 43.3 Å². The maximum absolute atomic E-state index is 14.0. The van der Waals surface area contributed by atoms with Crippen molar-refractivity contribution in [3.8, 4) is 10.4 Å². The average molecular weight is 621 g/mol. The van der Waals surface area contributed by atoms with Crippen molar-refractivity contribution in [2.75, 3.05) is 37.6 Å². The molecule has 2 unspecified atom stereocenters. The van der Waals surface area contributed by atoms with Crippen molar-refractivity contribution in [3.63, 3.8) is 0 Å². The van der Waals surface area contributed by atoms with Crippen molar-refractivity contribution in [2.45, 2.75) is 71.1 Å². The lowest BCUT2D eigenvalue weighted by molar-refractivity contribution is -0.141. The molecule has 0 saturated carbocycles. The Bertz CT molecular complexity index is 1440. The number of carbonyl (C=O) groups is 2. The molecule has 0 bridgehead atoms. The lowest BCUT2D eigenvalue weighted by Crippen LogP contribution is -2.52. The van der Waals surface area contributed by atoms with E-state index in [2.05, 4.69) is 25.7 Å². The van der Waals surface area contributed by atoms with Gasteiger partial charge in [0.25, 0.3) is 0 Å². The molecule has 236 valence electrons. The van der Waals surface area contributed by atoms with E-state index in [9.17, 15) is 14.7 Å². The van der Waals surface area contributed by atoms with Crippen molar-refractivity contribution in [3.05, 3.63) is 52.9 Å². The summed E-state index contributed by atoms with van der Waals surface area (Å²) in [4.78, 5) is 36.8. The minimum Gasteiger partial charge on any atom is -0.391 e. The summed E-state index contributed by atoms with van der Waals surface area (Å²) in [6, 6.07) is 8.97. The van der Waals surface area contributed by atoms with Crippen molar-refractivity contribution in [1.29, 1.82) is 0 Å². The molecule has 1 aromatic carbocycles. The summed E-state index contributed by atoms with van der Waals surface area (Å²) in [5.74, 6) is 1.54. The van der Waals surface area contributed by atoms with Crippen LogP contribution in [0, 0.1) is 24.7 Å². The van der Waals surface area contributed by atoms with Gasteiger partial charge < -0.3 is 30.1 Å². The number of thiazole rings is 1. The van der Waals surface area contributed by atoms with E-state index in [-0.39, 0.29) is 36.7 Å². The summed E-state index contributed by atoms with van der Waals surface area (Å²) in [6.45, 7) is 12.1. The molecule has 4 atom stereocenters. The molecule has 3 N–H and O–H groups in total. The number of rotatable bonds is 9. The number of β-amino-alcohol motifs (C(OH)–C–C–N with tert-alkyl or cyclic N) is 1. The van der Waals surface area contributed by atoms with Crippen LogP contribution < -0.4 is 15.5 Å². The SMILES string of the molecule is Cc1ncsc1-c1ccc(C(C)NC(=O)[C@@H]2C[C@@H](O)CN2C(=O)C(c2cc(N3CC(C4CCNCC4)C3)no2)C(C)C)cc1. The van der Waals surface area contributed by atoms with E-state index >= 15 is 0 Å². The minimum absolute atomic E-state index is 0.0803. The highest BCUT2D eigenvalue weighted by Crippen LogP contribution is 2.37. The number of aliphatic hydroxyl groups is 1. The first kappa shape index (κ1) is 30.7. The first-order valence-electron chi connectivity index (χ1n) is 15.9. The Morgan fingerprint density at radius 2 is 1.82 bits per heavy atom. The Balaban J connectivity index is 1.10. The number of hydrogen-bond acceptors (Lipinski definition) is 9. The normalized spacial score (nSPS) is 22.7. The zero-order valence-electron chi connectivity index (χ0n) is 26.0. The van der Waals surface area contributed by atoms with E-state index in [4.69, 9.17) is 4.52 Å². The predicted octanol–water partition coefficient (Wildman–Crippen LogP) is 4.12. The van der Waals surface area contributed by atoms with Crippen molar-refractivity contribution >= 4 is 29.0 Å². The van der Waals surface area contributed by atoms with Gasteiger partial charge in [0.1, 0.15) is 12.0 Å². The van der Waals surface area contributed by atoms with Gasteiger partial charge in [-0.2, -0.15) is 0 Å². The standard InChI is InChI=1S/C33H44N6O4S/c1-19(2)30(28-14-29(37-43-28)38-15-25(16-38)23-9-11-34-12-10-23)33(42)39-17-26(40)13-27(39)32(41)36-20(3)22-5-7-24(8-6-22)31-21(4)35-18-44-31/h5-8,14,18-20,23,25-27,30,34,40H,9-13,15-17H2,1-4H3,(H,36,41)/t20?,26-,27+,30?/m1/s1. The van der Waals surface area contributed by atoms with E-state index in [0.717, 1.165) is 59.6 Å². The monoisotopic (exact) mass is 620 g/mol. The van der Waals surface area contributed by atoms with Gasteiger partial charge in [0.2, 0.25) is 11.8 Å². The summed E-state index contributed by atoms with van der Waals surface area (Å²) in [5.41, 5.74) is 4.89. The molecular weight excluding hydrogens is 576 g/mol. The molecular formula is C33H44N6O4S. The highest BCUT2D eigenvalue weighted by molar-refractivity contribution is 7.13. The van der Waals surface area contributed by atoms with Gasteiger partial charge in [-0.05, 0) is 68.7 Å². The predicted molar refractivity (Wildman–Crippen MR) is 170 cm³/mol. The Hall–Kier alpha value is -3.28. The van der Waals surface area contributed by atoms with Crippen LogP contribution in [-0.2, 0) is 9.59 Å². The number of amides is 2. The van der Waals surface area contributed by atoms with Gasteiger partial charge in [0.05, 0.1) is 28.2 Å². The third-order valence-corrected chi connectivity index (χ3v) is 10.7. The van der Waals surface area contributed by atoms with Gasteiger partial charge in [-0.15, -0.1) is 11.3 Å². The van der Waals surface area contributed by atoms with Gasteiger partial charge in [0.15, 0.2) is 11.6 Å². The van der Waals surface area contributed by atoms with Crippen LogP contribution in [0.15, 0.2) is 40.4 Å². The molecule has 2 aromatic heterocycles. The van der Waals surface area contributed by atoms with Crippen LogP contribution in [0.3, 0.4) is 0 Å². The zero-order valence-corrected chi connectivity index (χ0v) is 26.8. The Morgan fingerprint density at radius 3 is 2.48 bits per heavy atom. The molecule has 11 heteroatoms. The molecule has 5 heterocycles. The summed E-state index contributed by atoms with van der Waals surface area (Å²) >= 11 is 1.61. The molecule has 44 heavy (non-hydrogen) atoms. The van der Waals surface area contributed by atoms with Crippen LogP contribution in [0.1, 0.15) is 69.0 Å². The molecule has 3 fully saturated rings. The third-order valence-electron chi connectivity index (χ3n) is 9.68. The number of hydrogen-bond donors (Lipinski definition) is 3. The maximum Gasteiger partial charge on any atom is 0.243 e. The van der Waals surface area contributed by atoms with E-state index in [1.165, 1.54) is 17.7 Å². The topological polar surface area (TPSA) is 124 Å². The fourth-order valence-electron chi connectivity index (χ4n) is 7.00. The Kier molecular flexibility index (Phi) is 9.07. The molecule has 0 spiro atoms. The summed E-state index contributed by atoms with van der Waals surface area (Å²) < 4.78 is 5.78. The zero-order chi connectivity index (χ0) is 31.0. The first-order valence-corrected chi connectivity index (χ1v) is 16.8. The van der Waals surface area contributed by atoms with Crippen LogP contribution >= 0.6 is 11.3 Å². The number of anilines is 1. The number of nitrogens with one attached hydrogen (secondary N) is 2. The quantitative estimate of drug-likeness (QED) is 0.327. The molecule has 2 amide bonds. The molecule has 3 aromatic rings. The Morgan fingerprint density at radius 1 is 1.09 bits per heavy atom. The minimum atomic E-state index is -0.766. The molecule has 6 rings (SSSR count). The number of benzene rings is 1. The highest BCUT2D eigenvalue weighted by Gasteiger charge is 2.44. The number of aryl methyl sites for hydroxylation is 1. The van der Waals surface area contributed by atoms with Crippen LogP contribution in [0.2, 0.25) is 0 Å². The largest absolute Gasteiger partial charge is 0.391 e. The maximum atomic E-state index is 14.0. The third kappa shape index (κ3) is 6.27. The molecule has 10 nitrogen and oxygen atoms in total. The number of aliphatic hydroxyl groups excluding tert-OH is 1. The molecule has 0 radical (unpaired) electrons. The van der Waals surface area contributed by atoms with Crippen molar-refractivity contribution in [2.24, 2.45) is 17.8 Å². The van der Waals surface area contributed by atoms with Gasteiger partial charge in [-0.25, -0.2) is 4.98 Å². The van der Waals surface area contributed by atoms with E-state index in [0.29, 0.717) is 11.7 Å². The van der Waals surface area contributed by atoms with Crippen molar-refractivity contribution in [1.82, 2.24) is 25.7 Å². The summed E-state index contributed by atoms with van der Waals surface area (Å²) in [5, 5.41) is 21.4. The van der Waals surface area contributed by atoms with Crippen LogP contribution in [0.4, 0.5) is 5.82 Å². The van der Waals surface area contributed by atoms with Crippen LogP contribution in [-0.4, -0.2) is 76.8 Å². The molecule has 3 aliphatic heterocycles. The summed E-state index contributed by atoms with van der Waals surface area (Å²) in [7, 11) is 0. The molecule has 3 saturated heterocycles. The van der Waals surface area contributed by atoms with Crippen LogP contribution in [0.25, 0.3) is 10.4 Å². The van der Waals surface area contributed by atoms with Gasteiger partial charge in [-0.3, -0.25) is 9.59 Å². The number of carbonyl (C=O) groups excluding carboxylic acids is 2. The van der Waals surface area contributed by atoms with E-state index < -0.39 is 18.1 Å². The average Bonchev–Trinajstić information content (AvgIpc) is 3.73. The lowest BCUT2D eigenvalue weighted by Gasteiger charge is -2.44. The first-order chi connectivity index (χ1) is 21.2. The second-order valence-corrected chi connectivity index (χ2v) is 13.9. The van der Waals surface area contributed by atoms with Crippen LogP contribution in [0.5, 0.6) is 0 Å². The fraction of sp³-hybridized carbons (Fsp3) is 0.576. The second-order valence-electron chi connectivity index (χ2n) is 13.1. The van der Waals surface area contributed by atoms with Crippen molar-refractivity contribution < 1.29 is 19.2 Å². The smallest absolute Gasteiger partial charge is 0.243 e. The fourth-order valence-corrected chi connectivity index (χ4v) is 7.82. The summed E-state index contributed by atoms with van der Waals surface area (Å²) in [6.07, 6.45) is 1.88. The van der Waals surface area contributed by atoms with E-state index in [1.807, 2.05) is 63.5 Å².